The van der Waals surface area contributed by atoms with Gasteiger partial charge in [0.1, 0.15) is 11.4 Å². The standard InChI is InChI=1S/C14H18N2O3/c1-19-14(18)12-8-6-7-11(15-12)13(17)16-9-4-2-3-5-10-16/h6-8H,2-5,9-10H2,1H3. The molecule has 102 valence electrons. The molecule has 0 bridgehead atoms. The van der Waals surface area contributed by atoms with E-state index >= 15 is 0 Å². The van der Waals surface area contributed by atoms with E-state index in [1.165, 1.54) is 20.0 Å². The van der Waals surface area contributed by atoms with Crippen LogP contribution in [0, 0.1) is 0 Å². The second kappa shape index (κ2) is 6.31. The fourth-order valence-corrected chi connectivity index (χ4v) is 2.21. The SMILES string of the molecule is COC(=O)c1cccc(C(=O)N2CCCCCC2)n1. The van der Waals surface area contributed by atoms with Crippen molar-refractivity contribution in [1.29, 1.82) is 0 Å². The van der Waals surface area contributed by atoms with Crippen LogP contribution < -0.4 is 0 Å². The lowest BCUT2D eigenvalue weighted by atomic mass is 10.2. The second-order valence-electron chi connectivity index (χ2n) is 4.61. The average Bonchev–Trinajstić information content (AvgIpc) is 2.75. The van der Waals surface area contributed by atoms with Crippen LogP contribution in [0.1, 0.15) is 46.7 Å². The third kappa shape index (κ3) is 3.30. The zero-order valence-electron chi connectivity index (χ0n) is 11.1. The van der Waals surface area contributed by atoms with Crippen LogP contribution in [0.5, 0.6) is 0 Å². The van der Waals surface area contributed by atoms with Crippen LogP contribution in [0.3, 0.4) is 0 Å². The predicted molar refractivity (Wildman–Crippen MR) is 69.9 cm³/mol. The highest BCUT2D eigenvalue weighted by molar-refractivity contribution is 5.94. The molecule has 1 aliphatic heterocycles. The third-order valence-corrected chi connectivity index (χ3v) is 3.26. The number of carbonyl (C=O) groups excluding carboxylic acids is 2. The van der Waals surface area contributed by atoms with Gasteiger partial charge < -0.3 is 9.64 Å². The smallest absolute Gasteiger partial charge is 0.356 e. The molecule has 1 aliphatic rings. The highest BCUT2D eigenvalue weighted by Gasteiger charge is 2.19. The molecule has 0 radical (unpaired) electrons. The van der Waals surface area contributed by atoms with Gasteiger partial charge in [0.15, 0.2) is 0 Å². The largest absolute Gasteiger partial charge is 0.464 e. The summed E-state index contributed by atoms with van der Waals surface area (Å²) in [5.74, 6) is -0.627. The van der Waals surface area contributed by atoms with E-state index in [1.807, 2.05) is 4.90 Å². The minimum Gasteiger partial charge on any atom is -0.464 e. The van der Waals surface area contributed by atoms with Gasteiger partial charge in [-0.05, 0) is 25.0 Å². The lowest BCUT2D eigenvalue weighted by Gasteiger charge is -2.19. The first kappa shape index (κ1) is 13.5. The van der Waals surface area contributed by atoms with E-state index in [2.05, 4.69) is 9.72 Å². The first-order valence-electron chi connectivity index (χ1n) is 6.57. The van der Waals surface area contributed by atoms with Gasteiger partial charge in [0.25, 0.3) is 5.91 Å². The van der Waals surface area contributed by atoms with Crippen molar-refractivity contribution < 1.29 is 14.3 Å². The number of methoxy groups -OCH3 is 1. The van der Waals surface area contributed by atoms with Crippen molar-refractivity contribution in [2.75, 3.05) is 20.2 Å². The molecule has 1 aromatic heterocycles. The van der Waals surface area contributed by atoms with E-state index in [9.17, 15) is 9.59 Å². The van der Waals surface area contributed by atoms with E-state index in [-0.39, 0.29) is 11.6 Å². The number of pyridine rings is 1. The van der Waals surface area contributed by atoms with Crippen LogP contribution in [0.2, 0.25) is 0 Å². The highest BCUT2D eigenvalue weighted by Crippen LogP contribution is 2.13. The maximum absolute atomic E-state index is 12.3. The summed E-state index contributed by atoms with van der Waals surface area (Å²) in [5, 5.41) is 0. The topological polar surface area (TPSA) is 59.5 Å². The third-order valence-electron chi connectivity index (χ3n) is 3.26. The molecule has 5 nitrogen and oxygen atoms in total. The Hall–Kier alpha value is -1.91. The summed E-state index contributed by atoms with van der Waals surface area (Å²) >= 11 is 0. The van der Waals surface area contributed by atoms with Gasteiger partial charge in [-0.1, -0.05) is 18.9 Å². The molecule has 1 aromatic rings. The first-order valence-corrected chi connectivity index (χ1v) is 6.57. The van der Waals surface area contributed by atoms with Crippen molar-refractivity contribution in [1.82, 2.24) is 9.88 Å². The number of carbonyl (C=O) groups is 2. The first-order chi connectivity index (χ1) is 9.22. The Morgan fingerprint density at radius 3 is 2.37 bits per heavy atom. The molecule has 0 N–H and O–H groups in total. The monoisotopic (exact) mass is 262 g/mol. The van der Waals surface area contributed by atoms with Crippen LogP contribution in [0.15, 0.2) is 18.2 Å². The van der Waals surface area contributed by atoms with Gasteiger partial charge >= 0.3 is 5.97 Å². The highest BCUT2D eigenvalue weighted by atomic mass is 16.5. The van der Waals surface area contributed by atoms with Gasteiger partial charge in [0.2, 0.25) is 0 Å². The molecule has 1 amide bonds. The molecule has 2 heterocycles. The zero-order chi connectivity index (χ0) is 13.7. The molecule has 0 aromatic carbocycles. The molecular formula is C14H18N2O3. The molecular weight excluding hydrogens is 244 g/mol. The van der Waals surface area contributed by atoms with Crippen molar-refractivity contribution in [3.63, 3.8) is 0 Å². The Morgan fingerprint density at radius 2 is 1.74 bits per heavy atom. The number of ether oxygens (including phenoxy) is 1. The van der Waals surface area contributed by atoms with E-state index < -0.39 is 5.97 Å². The molecule has 5 heteroatoms. The zero-order valence-corrected chi connectivity index (χ0v) is 11.1. The van der Waals surface area contributed by atoms with Gasteiger partial charge in [-0.15, -0.1) is 0 Å². The maximum Gasteiger partial charge on any atom is 0.356 e. The van der Waals surface area contributed by atoms with Crippen molar-refractivity contribution in [2.24, 2.45) is 0 Å². The van der Waals surface area contributed by atoms with Gasteiger partial charge in [-0.25, -0.2) is 9.78 Å². The summed E-state index contributed by atoms with van der Waals surface area (Å²) in [7, 11) is 1.30. The van der Waals surface area contributed by atoms with Gasteiger partial charge in [0.05, 0.1) is 7.11 Å². The summed E-state index contributed by atoms with van der Waals surface area (Å²) in [4.78, 5) is 29.6. The molecule has 0 aliphatic carbocycles. The molecule has 0 unspecified atom stereocenters. The molecule has 1 fully saturated rings. The fraction of sp³-hybridized carbons (Fsp3) is 0.500. The quantitative estimate of drug-likeness (QED) is 0.764. The summed E-state index contributed by atoms with van der Waals surface area (Å²) in [6.07, 6.45) is 4.39. The van der Waals surface area contributed by atoms with Crippen molar-refractivity contribution in [2.45, 2.75) is 25.7 Å². The number of hydrogen-bond donors (Lipinski definition) is 0. The number of nitrogens with zero attached hydrogens (tertiary/aromatic N) is 2. The number of likely N-dealkylation sites (tertiary alicyclic amines) is 1. The van der Waals surface area contributed by atoms with Crippen molar-refractivity contribution in [3.8, 4) is 0 Å². The van der Waals surface area contributed by atoms with Crippen LogP contribution in [0.4, 0.5) is 0 Å². The molecule has 0 atom stereocenters. The normalized spacial score (nSPS) is 15.7. The van der Waals surface area contributed by atoms with Gasteiger partial charge in [-0.3, -0.25) is 4.79 Å². The van der Waals surface area contributed by atoms with Gasteiger partial charge in [-0.2, -0.15) is 0 Å². The van der Waals surface area contributed by atoms with Crippen LogP contribution >= 0.6 is 0 Å². The number of hydrogen-bond acceptors (Lipinski definition) is 4. The number of esters is 1. The predicted octanol–water partition coefficient (Wildman–Crippen LogP) is 1.88. The lowest BCUT2D eigenvalue weighted by molar-refractivity contribution is 0.0593. The summed E-state index contributed by atoms with van der Waals surface area (Å²) in [5.41, 5.74) is 0.480. The number of rotatable bonds is 2. The Kier molecular flexibility index (Phi) is 4.49. The summed E-state index contributed by atoms with van der Waals surface area (Å²) in [6.45, 7) is 1.53. The summed E-state index contributed by atoms with van der Waals surface area (Å²) in [6, 6.07) is 4.84. The minimum absolute atomic E-state index is 0.104. The molecule has 0 spiro atoms. The van der Waals surface area contributed by atoms with Crippen LogP contribution in [-0.2, 0) is 4.74 Å². The Morgan fingerprint density at radius 1 is 1.11 bits per heavy atom. The van der Waals surface area contributed by atoms with E-state index in [0.717, 1.165) is 25.9 Å². The number of aromatic nitrogens is 1. The Labute approximate surface area is 112 Å². The average molecular weight is 262 g/mol. The number of amides is 1. The van der Waals surface area contributed by atoms with Gasteiger partial charge in [0, 0.05) is 13.1 Å². The summed E-state index contributed by atoms with van der Waals surface area (Å²) < 4.78 is 4.61. The maximum atomic E-state index is 12.3. The van der Waals surface area contributed by atoms with E-state index in [1.54, 1.807) is 18.2 Å². The Balaban J connectivity index is 2.16. The fourth-order valence-electron chi connectivity index (χ4n) is 2.21. The molecule has 1 saturated heterocycles. The Bertz CT molecular complexity index is 466. The van der Waals surface area contributed by atoms with E-state index in [4.69, 9.17) is 0 Å². The molecule has 19 heavy (non-hydrogen) atoms. The molecule has 0 saturated carbocycles. The van der Waals surface area contributed by atoms with Crippen LogP contribution in [0.25, 0.3) is 0 Å². The van der Waals surface area contributed by atoms with Crippen molar-refractivity contribution >= 4 is 11.9 Å². The lowest BCUT2D eigenvalue weighted by Crippen LogP contribution is -2.32. The minimum atomic E-state index is -0.523. The van der Waals surface area contributed by atoms with Crippen molar-refractivity contribution in [3.05, 3.63) is 29.6 Å². The second-order valence-corrected chi connectivity index (χ2v) is 4.61. The molecule has 2 rings (SSSR count). The van der Waals surface area contributed by atoms with E-state index in [0.29, 0.717) is 5.69 Å². The van der Waals surface area contributed by atoms with Crippen LogP contribution in [-0.4, -0.2) is 42.0 Å².